The van der Waals surface area contributed by atoms with Crippen molar-refractivity contribution < 1.29 is 4.74 Å². The van der Waals surface area contributed by atoms with E-state index in [1.807, 2.05) is 36.4 Å². The lowest BCUT2D eigenvalue weighted by Crippen LogP contribution is -2.22. The first kappa shape index (κ1) is 12.0. The Kier molecular flexibility index (Phi) is 3.10. The number of hydrogen-bond donors (Lipinski definition) is 1. The van der Waals surface area contributed by atoms with Crippen LogP contribution in [0, 0.1) is 11.3 Å². The molecule has 0 heterocycles. The molecule has 1 aliphatic rings. The number of nitriles is 1. The fourth-order valence-electron chi connectivity index (χ4n) is 2.41. The van der Waals surface area contributed by atoms with E-state index in [4.69, 9.17) is 4.74 Å². The summed E-state index contributed by atoms with van der Waals surface area (Å²) in [6, 6.07) is 14.6. The molecule has 0 saturated heterocycles. The van der Waals surface area contributed by atoms with Gasteiger partial charge in [-0.25, -0.2) is 0 Å². The molecule has 1 saturated carbocycles. The summed E-state index contributed by atoms with van der Waals surface area (Å²) < 4.78 is 5.39. The molecule has 19 heavy (non-hydrogen) atoms. The molecule has 3 nitrogen and oxygen atoms in total. The standard InChI is InChI=1S/C16H16N2O/c1-19-16-9-8-13(12-4-2-3-5-14(12)16)15(10-17)18-11-6-7-11/h2-5,8-9,11,15,18H,6-7H2,1H3. The Balaban J connectivity index is 2.10. The van der Waals surface area contributed by atoms with Crippen molar-refractivity contribution in [1.82, 2.24) is 5.32 Å². The summed E-state index contributed by atoms with van der Waals surface area (Å²) in [5, 5.41) is 14.9. The lowest BCUT2D eigenvalue weighted by Gasteiger charge is -2.15. The third-order valence-electron chi connectivity index (χ3n) is 3.56. The van der Waals surface area contributed by atoms with Gasteiger partial charge in [-0.1, -0.05) is 30.3 Å². The largest absolute Gasteiger partial charge is 0.496 e. The Morgan fingerprint density at radius 3 is 2.58 bits per heavy atom. The maximum Gasteiger partial charge on any atom is 0.126 e. The molecule has 0 bridgehead atoms. The van der Waals surface area contributed by atoms with Gasteiger partial charge in [-0.15, -0.1) is 0 Å². The van der Waals surface area contributed by atoms with E-state index < -0.39 is 0 Å². The highest BCUT2D eigenvalue weighted by Crippen LogP contribution is 2.33. The van der Waals surface area contributed by atoms with Crippen molar-refractivity contribution in [2.75, 3.05) is 7.11 Å². The Bertz CT molecular complexity index is 641. The zero-order valence-corrected chi connectivity index (χ0v) is 10.9. The van der Waals surface area contributed by atoms with Crippen molar-refractivity contribution in [3.8, 4) is 11.8 Å². The first-order valence-corrected chi connectivity index (χ1v) is 6.55. The summed E-state index contributed by atoms with van der Waals surface area (Å²) in [5.74, 6) is 0.850. The van der Waals surface area contributed by atoms with Crippen LogP contribution in [-0.2, 0) is 0 Å². The van der Waals surface area contributed by atoms with E-state index in [9.17, 15) is 5.26 Å². The zero-order valence-electron chi connectivity index (χ0n) is 10.9. The van der Waals surface area contributed by atoms with Gasteiger partial charge < -0.3 is 4.74 Å². The van der Waals surface area contributed by atoms with Crippen molar-refractivity contribution in [2.45, 2.75) is 24.9 Å². The Morgan fingerprint density at radius 2 is 1.95 bits per heavy atom. The fourth-order valence-corrected chi connectivity index (χ4v) is 2.41. The molecule has 1 unspecified atom stereocenters. The molecular weight excluding hydrogens is 236 g/mol. The number of nitrogens with one attached hydrogen (secondary N) is 1. The molecule has 0 amide bonds. The van der Waals surface area contributed by atoms with Crippen LogP contribution in [0.2, 0.25) is 0 Å². The van der Waals surface area contributed by atoms with Crippen LogP contribution in [-0.4, -0.2) is 13.2 Å². The molecule has 0 aromatic heterocycles. The van der Waals surface area contributed by atoms with Crippen LogP contribution >= 0.6 is 0 Å². The van der Waals surface area contributed by atoms with Gasteiger partial charge in [0.25, 0.3) is 0 Å². The molecule has 0 radical (unpaired) electrons. The quantitative estimate of drug-likeness (QED) is 0.909. The average Bonchev–Trinajstić information content (AvgIpc) is 3.28. The van der Waals surface area contributed by atoms with Gasteiger partial charge in [-0.3, -0.25) is 5.32 Å². The highest BCUT2D eigenvalue weighted by atomic mass is 16.5. The second-order valence-electron chi connectivity index (χ2n) is 4.91. The van der Waals surface area contributed by atoms with Gasteiger partial charge in [0.2, 0.25) is 0 Å². The van der Waals surface area contributed by atoms with Gasteiger partial charge in [0, 0.05) is 11.4 Å². The van der Waals surface area contributed by atoms with Crippen LogP contribution < -0.4 is 10.1 Å². The average molecular weight is 252 g/mol. The van der Waals surface area contributed by atoms with Gasteiger partial charge in [0.05, 0.1) is 13.2 Å². The number of rotatable bonds is 4. The summed E-state index contributed by atoms with van der Waals surface area (Å²) in [4.78, 5) is 0. The molecule has 1 fully saturated rings. The topological polar surface area (TPSA) is 45.0 Å². The molecule has 1 N–H and O–H groups in total. The highest BCUT2D eigenvalue weighted by Gasteiger charge is 2.26. The Labute approximate surface area is 112 Å². The molecule has 0 aliphatic heterocycles. The number of methoxy groups -OCH3 is 1. The summed E-state index contributed by atoms with van der Waals surface area (Å²) >= 11 is 0. The molecule has 3 heteroatoms. The molecule has 96 valence electrons. The minimum atomic E-state index is -0.247. The van der Waals surface area contributed by atoms with Crippen molar-refractivity contribution in [3.63, 3.8) is 0 Å². The van der Waals surface area contributed by atoms with Crippen LogP contribution in [0.15, 0.2) is 36.4 Å². The maximum atomic E-state index is 9.40. The smallest absolute Gasteiger partial charge is 0.126 e. The lowest BCUT2D eigenvalue weighted by molar-refractivity contribution is 0.419. The van der Waals surface area contributed by atoms with Crippen LogP contribution in [0.3, 0.4) is 0 Å². The first-order chi connectivity index (χ1) is 9.33. The normalized spacial score (nSPS) is 16.0. The lowest BCUT2D eigenvalue weighted by atomic mass is 9.98. The minimum Gasteiger partial charge on any atom is -0.496 e. The molecule has 1 aliphatic carbocycles. The van der Waals surface area contributed by atoms with Crippen LogP contribution in [0.25, 0.3) is 10.8 Å². The summed E-state index contributed by atoms with van der Waals surface area (Å²) in [6.07, 6.45) is 2.35. The third kappa shape index (κ3) is 2.27. The maximum absolute atomic E-state index is 9.40. The molecule has 2 aromatic rings. The van der Waals surface area contributed by atoms with Gasteiger partial charge >= 0.3 is 0 Å². The Hall–Kier alpha value is -2.05. The van der Waals surface area contributed by atoms with Crippen LogP contribution in [0.5, 0.6) is 5.75 Å². The monoisotopic (exact) mass is 252 g/mol. The zero-order chi connectivity index (χ0) is 13.2. The highest BCUT2D eigenvalue weighted by molar-refractivity contribution is 5.91. The van der Waals surface area contributed by atoms with E-state index in [1.54, 1.807) is 7.11 Å². The SMILES string of the molecule is COc1ccc(C(C#N)NC2CC2)c2ccccc12. The summed E-state index contributed by atoms with van der Waals surface area (Å²) in [5.41, 5.74) is 1.03. The van der Waals surface area contributed by atoms with E-state index in [2.05, 4.69) is 11.4 Å². The fraction of sp³-hybridized carbons (Fsp3) is 0.312. The van der Waals surface area contributed by atoms with Gasteiger partial charge in [-0.2, -0.15) is 5.26 Å². The number of nitrogens with zero attached hydrogens (tertiary/aromatic N) is 1. The van der Waals surface area contributed by atoms with E-state index in [0.717, 1.165) is 22.1 Å². The molecule has 2 aromatic carbocycles. The van der Waals surface area contributed by atoms with E-state index >= 15 is 0 Å². The number of hydrogen-bond acceptors (Lipinski definition) is 3. The van der Waals surface area contributed by atoms with Gasteiger partial charge in [0.15, 0.2) is 0 Å². The van der Waals surface area contributed by atoms with E-state index in [1.165, 1.54) is 12.8 Å². The molecule has 0 spiro atoms. The van der Waals surface area contributed by atoms with Gasteiger partial charge in [0.1, 0.15) is 11.8 Å². The van der Waals surface area contributed by atoms with Crippen LogP contribution in [0.4, 0.5) is 0 Å². The number of benzene rings is 2. The van der Waals surface area contributed by atoms with Crippen molar-refractivity contribution >= 4 is 10.8 Å². The third-order valence-corrected chi connectivity index (χ3v) is 3.56. The van der Waals surface area contributed by atoms with E-state index in [0.29, 0.717) is 6.04 Å². The Morgan fingerprint density at radius 1 is 1.21 bits per heavy atom. The predicted octanol–water partition coefficient (Wildman–Crippen LogP) is 3.17. The predicted molar refractivity (Wildman–Crippen MR) is 75.0 cm³/mol. The number of ether oxygens (including phenoxy) is 1. The van der Waals surface area contributed by atoms with Crippen molar-refractivity contribution in [1.29, 1.82) is 5.26 Å². The van der Waals surface area contributed by atoms with E-state index in [-0.39, 0.29) is 6.04 Å². The van der Waals surface area contributed by atoms with Gasteiger partial charge in [-0.05, 0) is 29.9 Å². The second-order valence-corrected chi connectivity index (χ2v) is 4.91. The first-order valence-electron chi connectivity index (χ1n) is 6.55. The summed E-state index contributed by atoms with van der Waals surface area (Å²) in [7, 11) is 1.67. The molecule has 3 rings (SSSR count). The molecule has 1 atom stereocenters. The van der Waals surface area contributed by atoms with Crippen molar-refractivity contribution in [2.24, 2.45) is 0 Å². The van der Waals surface area contributed by atoms with Crippen LogP contribution in [0.1, 0.15) is 24.4 Å². The summed E-state index contributed by atoms with van der Waals surface area (Å²) in [6.45, 7) is 0. The second kappa shape index (κ2) is 4.91. The minimum absolute atomic E-state index is 0.247. The number of fused-ring (bicyclic) bond motifs is 1. The van der Waals surface area contributed by atoms with Crippen molar-refractivity contribution in [3.05, 3.63) is 42.0 Å². The molecular formula is C16H16N2O.